The first-order valence-electron chi connectivity index (χ1n) is 1.09. The molecule has 2 heteroatoms. The molecule has 0 bridgehead atoms. The minimum absolute atomic E-state index is 0. The monoisotopic (exact) mass is 90.1 g/mol. The Labute approximate surface area is 40.3 Å². The lowest BCUT2D eigenvalue weighted by molar-refractivity contribution is 1.11. The van der Waals surface area contributed by atoms with Crippen LogP contribution in [0.25, 0.3) is 0 Å². The normalized spacial score (nSPS) is 6.33. The van der Waals surface area contributed by atoms with E-state index in [0.29, 0.717) is 0 Å². The van der Waals surface area contributed by atoms with E-state index in [4.69, 9.17) is 0 Å². The zero-order valence-corrected chi connectivity index (χ0v) is 2.89. The Bertz CT molecular complexity index is 20.7. The topological polar surface area (TPSA) is 24.7 Å². The molecule has 0 rings (SSSR count). The van der Waals surface area contributed by atoms with E-state index in [2.05, 4.69) is 10.2 Å². The average molecular weight is 90.2 g/mol. The van der Waals surface area contributed by atoms with Crippen LogP contribution in [0.3, 0.4) is 0 Å². The van der Waals surface area contributed by atoms with Crippen LogP contribution >= 0.6 is 0 Å². The highest BCUT2D eigenvalue weighted by atomic mass is 15.0. The first kappa shape index (κ1) is 17.5. The maximum atomic E-state index is 3.36. The summed E-state index contributed by atoms with van der Waals surface area (Å²) in [4.78, 5) is 0. The Morgan fingerprint density at radius 1 is 0.833 bits per heavy atom. The Morgan fingerprint density at radius 3 is 1.00 bits per heavy atom. The highest BCUT2D eigenvalue weighted by Crippen LogP contribution is 1.48. The minimum Gasteiger partial charge on any atom is -0.198 e. The van der Waals surface area contributed by atoms with Crippen LogP contribution in [0.2, 0.25) is 0 Å². The molecule has 6 heavy (non-hydrogen) atoms. The van der Waals surface area contributed by atoms with Crippen LogP contribution in [0, 0.1) is 0 Å². The van der Waals surface area contributed by atoms with Crippen molar-refractivity contribution >= 4 is 0 Å². The smallest absolute Gasteiger partial charge is 0.0487 e. The van der Waals surface area contributed by atoms with Crippen LogP contribution in [0.5, 0.6) is 0 Å². The van der Waals surface area contributed by atoms with Crippen molar-refractivity contribution in [3.63, 3.8) is 0 Å². The molecule has 40 valence electrons. The summed E-state index contributed by atoms with van der Waals surface area (Å²) in [6, 6.07) is 0. The highest BCUT2D eigenvalue weighted by Gasteiger charge is 1.31. The third kappa shape index (κ3) is 67.6. The lowest BCUT2D eigenvalue weighted by atomic mass is 11.5. The second-order valence-corrected chi connectivity index (χ2v) is 0.400. The molecule has 0 fully saturated rings. The van der Waals surface area contributed by atoms with E-state index in [-0.39, 0.29) is 14.9 Å². The van der Waals surface area contributed by atoms with Gasteiger partial charge in [0, 0.05) is 14.1 Å². The van der Waals surface area contributed by atoms with Crippen molar-refractivity contribution in [3.05, 3.63) is 0 Å². The summed E-state index contributed by atoms with van der Waals surface area (Å²) in [6.45, 7) is 0. The van der Waals surface area contributed by atoms with Gasteiger partial charge in [0.2, 0.25) is 0 Å². The summed E-state index contributed by atoms with van der Waals surface area (Å²) < 4.78 is 0. The number of nitrogens with zero attached hydrogens (tertiary/aromatic N) is 2. The SMILES string of the molecule is C.C.CN=NC. The van der Waals surface area contributed by atoms with E-state index in [1.165, 1.54) is 0 Å². The summed E-state index contributed by atoms with van der Waals surface area (Å²) in [5, 5.41) is 6.72. The van der Waals surface area contributed by atoms with E-state index in [0.717, 1.165) is 0 Å². The summed E-state index contributed by atoms with van der Waals surface area (Å²) >= 11 is 0. The van der Waals surface area contributed by atoms with Gasteiger partial charge in [-0.15, -0.1) is 0 Å². The van der Waals surface area contributed by atoms with Crippen molar-refractivity contribution < 1.29 is 0 Å². The molecule has 0 aliphatic heterocycles. The van der Waals surface area contributed by atoms with E-state index in [1.807, 2.05) is 0 Å². The summed E-state index contributed by atoms with van der Waals surface area (Å²) in [5.41, 5.74) is 0. The summed E-state index contributed by atoms with van der Waals surface area (Å²) in [6.07, 6.45) is 0. The van der Waals surface area contributed by atoms with E-state index in [9.17, 15) is 0 Å². The van der Waals surface area contributed by atoms with Gasteiger partial charge >= 0.3 is 0 Å². The maximum Gasteiger partial charge on any atom is 0.0487 e. The molecule has 2 nitrogen and oxygen atoms in total. The van der Waals surface area contributed by atoms with Crippen LogP contribution in [-0.2, 0) is 0 Å². The standard InChI is InChI=1S/C2H6N2.2CH4/c1-3-4-2;;/h1-2H3;2*1H4. The Hall–Kier alpha value is -0.400. The average Bonchev–Trinajstić information content (AvgIpc) is 1.37. The number of hydrogen-bond donors (Lipinski definition) is 0. The number of rotatable bonds is 0. The van der Waals surface area contributed by atoms with Crippen LogP contribution in [0.4, 0.5) is 0 Å². The molecule has 0 heterocycles. The lowest BCUT2D eigenvalue weighted by Gasteiger charge is -1.54. The molecule has 0 radical (unpaired) electrons. The largest absolute Gasteiger partial charge is 0.198 e. The van der Waals surface area contributed by atoms with E-state index >= 15 is 0 Å². The van der Waals surface area contributed by atoms with Crippen LogP contribution in [0.15, 0.2) is 10.2 Å². The van der Waals surface area contributed by atoms with Gasteiger partial charge in [-0.2, -0.15) is 10.2 Å². The van der Waals surface area contributed by atoms with Crippen molar-refractivity contribution in [1.29, 1.82) is 0 Å². The Kier molecular flexibility index (Phi) is 68.0. The second-order valence-electron chi connectivity index (χ2n) is 0.400. The first-order valence-corrected chi connectivity index (χ1v) is 1.09. The third-order valence-corrected chi connectivity index (χ3v) is 0.200. The molecule has 0 atom stereocenters. The fourth-order valence-corrected chi connectivity index (χ4v) is 0. The van der Waals surface area contributed by atoms with Crippen LogP contribution in [0.1, 0.15) is 14.9 Å². The van der Waals surface area contributed by atoms with Gasteiger partial charge < -0.3 is 0 Å². The molecule has 0 aromatic heterocycles. The molecule has 0 saturated carbocycles. The summed E-state index contributed by atoms with van der Waals surface area (Å²) in [5.74, 6) is 0. The molecule has 0 aliphatic carbocycles. The molecule has 0 aliphatic rings. The van der Waals surface area contributed by atoms with Gasteiger partial charge in [-0.25, -0.2) is 0 Å². The van der Waals surface area contributed by atoms with Crippen LogP contribution < -0.4 is 0 Å². The highest BCUT2D eigenvalue weighted by molar-refractivity contribution is 3.96. The predicted octanol–water partition coefficient (Wildman–Crippen LogP) is 1.97. The Balaban J connectivity index is -0.0000000450. The lowest BCUT2D eigenvalue weighted by Crippen LogP contribution is -1.38. The quantitative estimate of drug-likeness (QED) is 0.406. The maximum absolute atomic E-state index is 3.36. The van der Waals surface area contributed by atoms with Crippen LogP contribution in [-0.4, -0.2) is 14.1 Å². The fraction of sp³-hybridized carbons (Fsp3) is 1.00. The molecule has 0 aromatic rings. The van der Waals surface area contributed by atoms with Crippen molar-refractivity contribution in [1.82, 2.24) is 0 Å². The molecular weight excluding hydrogens is 76.1 g/mol. The van der Waals surface area contributed by atoms with Gasteiger partial charge in [0.15, 0.2) is 0 Å². The van der Waals surface area contributed by atoms with Gasteiger partial charge in [0.1, 0.15) is 0 Å². The first-order chi connectivity index (χ1) is 1.91. The molecule has 0 saturated heterocycles. The molecule has 0 spiro atoms. The predicted molar refractivity (Wildman–Crippen MR) is 30.2 cm³/mol. The van der Waals surface area contributed by atoms with Gasteiger partial charge in [0.25, 0.3) is 0 Å². The fourth-order valence-electron chi connectivity index (χ4n) is 0. The van der Waals surface area contributed by atoms with E-state index < -0.39 is 0 Å². The van der Waals surface area contributed by atoms with Gasteiger partial charge in [-0.3, -0.25) is 0 Å². The minimum atomic E-state index is 0. The third-order valence-electron chi connectivity index (χ3n) is 0.200. The molecule has 0 aromatic carbocycles. The molecule has 0 amide bonds. The second kappa shape index (κ2) is 23.3. The van der Waals surface area contributed by atoms with Crippen molar-refractivity contribution in [2.24, 2.45) is 10.2 Å². The molecule has 0 unspecified atom stereocenters. The Morgan fingerprint density at radius 2 is 1.00 bits per heavy atom. The van der Waals surface area contributed by atoms with Crippen molar-refractivity contribution in [3.8, 4) is 0 Å². The number of hydrogen-bond acceptors (Lipinski definition) is 2. The van der Waals surface area contributed by atoms with Gasteiger partial charge in [0.05, 0.1) is 0 Å². The molecular formula is C4H14N2. The van der Waals surface area contributed by atoms with Gasteiger partial charge in [-0.1, -0.05) is 14.9 Å². The zero-order chi connectivity index (χ0) is 3.41. The molecule has 0 N–H and O–H groups in total. The zero-order valence-electron chi connectivity index (χ0n) is 2.89. The van der Waals surface area contributed by atoms with Crippen molar-refractivity contribution in [2.75, 3.05) is 14.1 Å². The van der Waals surface area contributed by atoms with E-state index in [1.54, 1.807) is 14.1 Å². The van der Waals surface area contributed by atoms with Gasteiger partial charge in [-0.05, 0) is 0 Å². The summed E-state index contributed by atoms with van der Waals surface area (Å²) in [7, 11) is 3.28. The number of azo groups is 1. The van der Waals surface area contributed by atoms with Crippen molar-refractivity contribution in [2.45, 2.75) is 14.9 Å².